The van der Waals surface area contributed by atoms with Crippen molar-refractivity contribution in [2.45, 2.75) is 51.4 Å². The van der Waals surface area contributed by atoms with Crippen molar-refractivity contribution in [1.29, 1.82) is 0 Å². The summed E-state index contributed by atoms with van der Waals surface area (Å²) >= 11 is 0. The third-order valence-electron chi connectivity index (χ3n) is 4.63. The maximum Gasteiger partial charge on any atom is 0.223 e. The molecule has 0 aromatic heterocycles. The number of carbonyl (C=O) groups excluding carboxylic acids is 1. The lowest BCUT2D eigenvalue weighted by Gasteiger charge is -2.30. The van der Waals surface area contributed by atoms with Gasteiger partial charge in [0.25, 0.3) is 0 Å². The second-order valence-corrected chi connectivity index (χ2v) is 5.76. The van der Waals surface area contributed by atoms with Crippen molar-refractivity contribution >= 4 is 5.91 Å². The second-order valence-electron chi connectivity index (χ2n) is 5.76. The summed E-state index contributed by atoms with van der Waals surface area (Å²) in [6.45, 7) is 1.54. The Hall–Kier alpha value is -0.570. The Kier molecular flexibility index (Phi) is 4.84. The van der Waals surface area contributed by atoms with Crippen molar-refractivity contribution in [3.8, 4) is 0 Å². The molecule has 0 spiro atoms. The van der Waals surface area contributed by atoms with E-state index < -0.39 is 0 Å². The van der Waals surface area contributed by atoms with E-state index in [1.807, 2.05) is 0 Å². The van der Waals surface area contributed by atoms with E-state index in [4.69, 9.17) is 5.73 Å². The molecule has 0 radical (unpaired) electrons. The molecular weight excluding hydrogens is 212 g/mol. The highest BCUT2D eigenvalue weighted by molar-refractivity contribution is 5.79. The molecule has 98 valence electrons. The number of amides is 1. The van der Waals surface area contributed by atoms with Gasteiger partial charge in [-0.3, -0.25) is 4.79 Å². The van der Waals surface area contributed by atoms with E-state index in [0.717, 1.165) is 25.3 Å². The van der Waals surface area contributed by atoms with Gasteiger partial charge < -0.3 is 11.1 Å². The Morgan fingerprint density at radius 2 is 1.88 bits per heavy atom. The van der Waals surface area contributed by atoms with Crippen LogP contribution in [-0.2, 0) is 4.79 Å². The summed E-state index contributed by atoms with van der Waals surface area (Å²) < 4.78 is 0. The highest BCUT2D eigenvalue weighted by Gasteiger charge is 2.29. The SMILES string of the molecule is NCC1CCCCC1C(=O)NCCC1CCC1. The van der Waals surface area contributed by atoms with Gasteiger partial charge in [0.2, 0.25) is 5.91 Å². The van der Waals surface area contributed by atoms with Crippen molar-refractivity contribution in [2.24, 2.45) is 23.5 Å². The molecule has 2 fully saturated rings. The maximum atomic E-state index is 12.1. The van der Waals surface area contributed by atoms with Gasteiger partial charge in [0.15, 0.2) is 0 Å². The van der Waals surface area contributed by atoms with Gasteiger partial charge in [-0.1, -0.05) is 32.1 Å². The number of hydrogen-bond acceptors (Lipinski definition) is 2. The molecule has 2 unspecified atom stereocenters. The first-order valence-corrected chi connectivity index (χ1v) is 7.29. The first kappa shape index (κ1) is 12.9. The van der Waals surface area contributed by atoms with E-state index in [1.165, 1.54) is 38.5 Å². The van der Waals surface area contributed by atoms with Gasteiger partial charge in [-0.25, -0.2) is 0 Å². The van der Waals surface area contributed by atoms with Crippen LogP contribution in [0.4, 0.5) is 0 Å². The van der Waals surface area contributed by atoms with E-state index >= 15 is 0 Å². The summed E-state index contributed by atoms with van der Waals surface area (Å²) in [5.41, 5.74) is 5.76. The summed E-state index contributed by atoms with van der Waals surface area (Å²) in [5.74, 6) is 1.76. The average molecular weight is 238 g/mol. The standard InChI is InChI=1S/C14H26N2O/c15-10-12-6-1-2-7-13(12)14(17)16-9-8-11-4-3-5-11/h11-13H,1-10,15H2,(H,16,17). The van der Waals surface area contributed by atoms with E-state index in [9.17, 15) is 4.79 Å². The second kappa shape index (κ2) is 6.39. The summed E-state index contributed by atoms with van der Waals surface area (Å²) in [4.78, 5) is 12.1. The lowest BCUT2D eigenvalue weighted by Crippen LogP contribution is -2.40. The first-order valence-electron chi connectivity index (χ1n) is 7.29. The zero-order valence-electron chi connectivity index (χ0n) is 10.8. The zero-order chi connectivity index (χ0) is 12.1. The number of nitrogens with one attached hydrogen (secondary N) is 1. The Bertz CT molecular complexity index is 251. The molecule has 17 heavy (non-hydrogen) atoms. The van der Waals surface area contributed by atoms with Crippen LogP contribution in [0, 0.1) is 17.8 Å². The van der Waals surface area contributed by atoms with E-state index in [1.54, 1.807) is 0 Å². The van der Waals surface area contributed by atoms with Crippen molar-refractivity contribution in [3.63, 3.8) is 0 Å². The molecule has 3 nitrogen and oxygen atoms in total. The lowest BCUT2D eigenvalue weighted by molar-refractivity contribution is -0.127. The molecule has 3 heteroatoms. The monoisotopic (exact) mass is 238 g/mol. The molecule has 2 aliphatic carbocycles. The molecule has 2 saturated carbocycles. The van der Waals surface area contributed by atoms with Crippen LogP contribution in [-0.4, -0.2) is 19.0 Å². The highest BCUT2D eigenvalue weighted by atomic mass is 16.1. The number of carbonyl (C=O) groups is 1. The van der Waals surface area contributed by atoms with Gasteiger partial charge in [0, 0.05) is 12.5 Å². The number of rotatable bonds is 5. The molecule has 0 aliphatic heterocycles. The minimum atomic E-state index is 0.190. The van der Waals surface area contributed by atoms with Crippen LogP contribution in [0.2, 0.25) is 0 Å². The molecule has 2 atom stereocenters. The quantitative estimate of drug-likeness (QED) is 0.770. The fourth-order valence-corrected chi connectivity index (χ4v) is 3.15. The molecule has 0 aromatic rings. The lowest BCUT2D eigenvalue weighted by atomic mass is 9.78. The summed E-state index contributed by atoms with van der Waals surface area (Å²) in [6.07, 6.45) is 9.90. The summed E-state index contributed by atoms with van der Waals surface area (Å²) in [7, 11) is 0. The van der Waals surface area contributed by atoms with Crippen LogP contribution >= 0.6 is 0 Å². The topological polar surface area (TPSA) is 55.1 Å². The molecular formula is C14H26N2O. The zero-order valence-corrected chi connectivity index (χ0v) is 10.8. The summed E-state index contributed by atoms with van der Waals surface area (Å²) in [5, 5.41) is 3.12. The molecule has 0 bridgehead atoms. The Balaban J connectivity index is 1.69. The van der Waals surface area contributed by atoms with Gasteiger partial charge in [0.1, 0.15) is 0 Å². The molecule has 2 aliphatic rings. The van der Waals surface area contributed by atoms with Crippen LogP contribution in [0.25, 0.3) is 0 Å². The van der Waals surface area contributed by atoms with Gasteiger partial charge >= 0.3 is 0 Å². The first-order chi connectivity index (χ1) is 8.31. The minimum Gasteiger partial charge on any atom is -0.356 e. The van der Waals surface area contributed by atoms with Crippen molar-refractivity contribution in [2.75, 3.05) is 13.1 Å². The third kappa shape index (κ3) is 3.44. The van der Waals surface area contributed by atoms with Crippen molar-refractivity contribution in [3.05, 3.63) is 0 Å². The number of hydrogen-bond donors (Lipinski definition) is 2. The van der Waals surface area contributed by atoms with E-state index in [2.05, 4.69) is 5.32 Å². The smallest absolute Gasteiger partial charge is 0.223 e. The number of nitrogens with two attached hydrogens (primary N) is 1. The normalized spacial score (nSPS) is 29.7. The van der Waals surface area contributed by atoms with Gasteiger partial charge in [-0.15, -0.1) is 0 Å². The molecule has 0 heterocycles. The predicted octanol–water partition coefficient (Wildman–Crippen LogP) is 2.06. The maximum absolute atomic E-state index is 12.1. The van der Waals surface area contributed by atoms with Gasteiger partial charge in [-0.05, 0) is 37.6 Å². The predicted molar refractivity (Wildman–Crippen MR) is 69.5 cm³/mol. The van der Waals surface area contributed by atoms with Crippen molar-refractivity contribution < 1.29 is 4.79 Å². The molecule has 0 aromatic carbocycles. The third-order valence-corrected chi connectivity index (χ3v) is 4.63. The minimum absolute atomic E-state index is 0.190. The fourth-order valence-electron chi connectivity index (χ4n) is 3.15. The Morgan fingerprint density at radius 3 is 2.53 bits per heavy atom. The van der Waals surface area contributed by atoms with Gasteiger partial charge in [0.05, 0.1) is 0 Å². The summed E-state index contributed by atoms with van der Waals surface area (Å²) in [6, 6.07) is 0. The van der Waals surface area contributed by atoms with Crippen LogP contribution in [0.15, 0.2) is 0 Å². The molecule has 2 rings (SSSR count). The molecule has 1 amide bonds. The van der Waals surface area contributed by atoms with Crippen LogP contribution in [0.3, 0.4) is 0 Å². The van der Waals surface area contributed by atoms with Crippen LogP contribution in [0.1, 0.15) is 51.4 Å². The van der Waals surface area contributed by atoms with Crippen molar-refractivity contribution in [1.82, 2.24) is 5.32 Å². The van der Waals surface area contributed by atoms with Crippen LogP contribution < -0.4 is 11.1 Å². The fraction of sp³-hybridized carbons (Fsp3) is 0.929. The average Bonchev–Trinajstić information content (AvgIpc) is 2.32. The molecule has 3 N–H and O–H groups in total. The van der Waals surface area contributed by atoms with Gasteiger partial charge in [-0.2, -0.15) is 0 Å². The highest BCUT2D eigenvalue weighted by Crippen LogP contribution is 2.30. The van der Waals surface area contributed by atoms with E-state index in [0.29, 0.717) is 12.5 Å². The van der Waals surface area contributed by atoms with Crippen LogP contribution in [0.5, 0.6) is 0 Å². The largest absolute Gasteiger partial charge is 0.356 e. The Morgan fingerprint density at radius 1 is 1.12 bits per heavy atom. The molecule has 0 saturated heterocycles. The van der Waals surface area contributed by atoms with E-state index in [-0.39, 0.29) is 11.8 Å². The Labute approximate surface area is 105 Å².